The molecule has 84 valence electrons. The van der Waals surface area contributed by atoms with E-state index in [1.54, 1.807) is 0 Å². The minimum atomic E-state index is 0.172. The molecular formula is C12H8ClN3O. The summed E-state index contributed by atoms with van der Waals surface area (Å²) in [5, 5.41) is 0.172. The van der Waals surface area contributed by atoms with Gasteiger partial charge >= 0.3 is 0 Å². The fourth-order valence-corrected chi connectivity index (χ4v) is 1.83. The maximum atomic E-state index is 5.77. The molecule has 0 aliphatic heterocycles. The maximum absolute atomic E-state index is 5.77. The summed E-state index contributed by atoms with van der Waals surface area (Å²) >= 11 is 5.77. The first kappa shape index (κ1) is 10.2. The third-order valence-electron chi connectivity index (χ3n) is 2.43. The predicted molar refractivity (Wildman–Crippen MR) is 64.8 cm³/mol. The van der Waals surface area contributed by atoms with Crippen molar-refractivity contribution in [2.75, 3.05) is 0 Å². The Morgan fingerprint density at radius 3 is 2.59 bits per heavy atom. The summed E-state index contributed by atoms with van der Waals surface area (Å²) in [4.78, 5) is 12.4. The van der Waals surface area contributed by atoms with Gasteiger partial charge in [0.05, 0.1) is 5.69 Å². The Labute approximate surface area is 102 Å². The van der Waals surface area contributed by atoms with E-state index in [1.807, 2.05) is 37.3 Å². The standard InChI is InChI=1S/C12H8ClN3O/c1-7-9-11(16-12(13)14-7)17-10(15-9)8-5-3-2-4-6-8/h2-6H,1H3. The largest absolute Gasteiger partial charge is 0.418 e. The van der Waals surface area contributed by atoms with E-state index in [0.29, 0.717) is 22.8 Å². The Bertz CT molecular complexity index is 679. The average Bonchev–Trinajstić information content (AvgIpc) is 2.74. The minimum Gasteiger partial charge on any atom is -0.418 e. The van der Waals surface area contributed by atoms with Gasteiger partial charge in [0.1, 0.15) is 0 Å². The lowest BCUT2D eigenvalue weighted by molar-refractivity contribution is 0.607. The Morgan fingerprint density at radius 2 is 1.82 bits per heavy atom. The molecule has 2 heterocycles. The molecule has 1 aromatic carbocycles. The lowest BCUT2D eigenvalue weighted by atomic mass is 10.2. The van der Waals surface area contributed by atoms with Crippen LogP contribution in [0, 0.1) is 6.92 Å². The summed E-state index contributed by atoms with van der Waals surface area (Å²) in [6, 6.07) is 9.64. The monoisotopic (exact) mass is 245 g/mol. The molecule has 4 nitrogen and oxygen atoms in total. The van der Waals surface area contributed by atoms with Crippen molar-refractivity contribution in [3.8, 4) is 11.5 Å². The summed E-state index contributed by atoms with van der Waals surface area (Å²) in [5.41, 5.74) is 2.68. The van der Waals surface area contributed by atoms with E-state index in [9.17, 15) is 0 Å². The zero-order valence-corrected chi connectivity index (χ0v) is 9.77. The van der Waals surface area contributed by atoms with Crippen molar-refractivity contribution in [2.45, 2.75) is 6.92 Å². The molecule has 0 radical (unpaired) electrons. The number of rotatable bonds is 1. The van der Waals surface area contributed by atoms with Gasteiger partial charge in [0.25, 0.3) is 5.71 Å². The van der Waals surface area contributed by atoms with Gasteiger partial charge in [-0.2, -0.15) is 4.98 Å². The molecule has 0 bridgehead atoms. The SMILES string of the molecule is Cc1nc(Cl)nc2oc(-c3ccccc3)nc12. The number of fused-ring (bicyclic) bond motifs is 1. The number of hydrogen-bond acceptors (Lipinski definition) is 4. The number of benzene rings is 1. The van der Waals surface area contributed by atoms with Gasteiger partial charge in [0.2, 0.25) is 11.2 Å². The van der Waals surface area contributed by atoms with Crippen LogP contribution in [-0.2, 0) is 0 Å². The zero-order chi connectivity index (χ0) is 11.8. The third kappa shape index (κ3) is 1.76. The first-order valence-corrected chi connectivity index (χ1v) is 5.48. The first-order chi connectivity index (χ1) is 8.24. The quantitative estimate of drug-likeness (QED) is 0.618. The van der Waals surface area contributed by atoms with E-state index in [-0.39, 0.29) is 5.28 Å². The van der Waals surface area contributed by atoms with Crippen molar-refractivity contribution in [1.82, 2.24) is 15.0 Å². The van der Waals surface area contributed by atoms with Gasteiger partial charge < -0.3 is 4.42 Å². The Balaban J connectivity index is 2.24. The van der Waals surface area contributed by atoms with E-state index in [1.165, 1.54) is 0 Å². The summed E-state index contributed by atoms with van der Waals surface area (Å²) < 4.78 is 5.57. The van der Waals surface area contributed by atoms with Crippen molar-refractivity contribution in [3.63, 3.8) is 0 Å². The van der Waals surface area contributed by atoms with Crippen LogP contribution in [0.5, 0.6) is 0 Å². The molecule has 0 aliphatic carbocycles. The van der Waals surface area contributed by atoms with Crippen molar-refractivity contribution < 1.29 is 4.42 Å². The van der Waals surface area contributed by atoms with Gasteiger partial charge in [-0.15, -0.1) is 0 Å². The minimum absolute atomic E-state index is 0.172. The summed E-state index contributed by atoms with van der Waals surface area (Å²) in [7, 11) is 0. The third-order valence-corrected chi connectivity index (χ3v) is 2.60. The molecular weight excluding hydrogens is 238 g/mol. The van der Waals surface area contributed by atoms with Crippen LogP contribution < -0.4 is 0 Å². The Morgan fingerprint density at radius 1 is 1.06 bits per heavy atom. The van der Waals surface area contributed by atoms with E-state index in [0.717, 1.165) is 5.56 Å². The van der Waals surface area contributed by atoms with Crippen LogP contribution in [-0.4, -0.2) is 15.0 Å². The van der Waals surface area contributed by atoms with Crippen LogP contribution in [0.3, 0.4) is 0 Å². The van der Waals surface area contributed by atoms with Gasteiger partial charge in [-0.25, -0.2) is 9.97 Å². The van der Waals surface area contributed by atoms with Crippen LogP contribution in [0.25, 0.3) is 22.7 Å². The van der Waals surface area contributed by atoms with E-state index in [2.05, 4.69) is 15.0 Å². The molecule has 0 fully saturated rings. The number of nitrogens with zero attached hydrogens (tertiary/aromatic N) is 3. The Hall–Kier alpha value is -1.94. The Kier molecular flexibility index (Phi) is 2.30. The predicted octanol–water partition coefficient (Wildman–Crippen LogP) is 3.25. The second kappa shape index (κ2) is 3.82. The number of hydrogen-bond donors (Lipinski definition) is 0. The fourth-order valence-electron chi connectivity index (χ4n) is 1.63. The molecule has 0 spiro atoms. The molecule has 0 saturated heterocycles. The molecule has 3 rings (SSSR count). The molecule has 0 amide bonds. The van der Waals surface area contributed by atoms with E-state index in [4.69, 9.17) is 16.0 Å². The summed E-state index contributed by atoms with van der Waals surface area (Å²) in [6.07, 6.45) is 0. The van der Waals surface area contributed by atoms with Crippen molar-refractivity contribution >= 4 is 22.8 Å². The normalized spacial score (nSPS) is 10.9. The zero-order valence-electron chi connectivity index (χ0n) is 9.01. The van der Waals surface area contributed by atoms with E-state index < -0.39 is 0 Å². The lowest BCUT2D eigenvalue weighted by Gasteiger charge is -1.91. The number of oxazole rings is 1. The van der Waals surface area contributed by atoms with Crippen molar-refractivity contribution in [1.29, 1.82) is 0 Å². The molecule has 17 heavy (non-hydrogen) atoms. The number of aromatic nitrogens is 3. The first-order valence-electron chi connectivity index (χ1n) is 5.10. The average molecular weight is 246 g/mol. The van der Waals surface area contributed by atoms with Gasteiger partial charge in [-0.1, -0.05) is 18.2 Å². The topological polar surface area (TPSA) is 51.8 Å². The summed E-state index contributed by atoms with van der Waals surface area (Å²) in [6.45, 7) is 1.83. The molecule has 0 aliphatic rings. The second-order valence-electron chi connectivity index (χ2n) is 3.62. The van der Waals surface area contributed by atoms with Gasteiger partial charge in [-0.3, -0.25) is 0 Å². The van der Waals surface area contributed by atoms with Crippen LogP contribution >= 0.6 is 11.6 Å². The molecule has 5 heteroatoms. The van der Waals surface area contributed by atoms with Crippen molar-refractivity contribution in [3.05, 3.63) is 41.3 Å². The number of halogens is 1. The molecule has 0 saturated carbocycles. The van der Waals surface area contributed by atoms with Crippen LogP contribution in [0.4, 0.5) is 0 Å². The molecule has 0 unspecified atom stereocenters. The maximum Gasteiger partial charge on any atom is 0.252 e. The fraction of sp³-hybridized carbons (Fsp3) is 0.0833. The number of aryl methyl sites for hydroxylation is 1. The van der Waals surface area contributed by atoms with Gasteiger partial charge in [0, 0.05) is 5.56 Å². The smallest absolute Gasteiger partial charge is 0.252 e. The van der Waals surface area contributed by atoms with Crippen LogP contribution in [0.15, 0.2) is 34.7 Å². The highest BCUT2D eigenvalue weighted by atomic mass is 35.5. The molecule has 0 atom stereocenters. The highest BCUT2D eigenvalue weighted by Crippen LogP contribution is 2.24. The van der Waals surface area contributed by atoms with Gasteiger partial charge in [-0.05, 0) is 30.7 Å². The van der Waals surface area contributed by atoms with Crippen LogP contribution in [0.1, 0.15) is 5.69 Å². The highest BCUT2D eigenvalue weighted by molar-refractivity contribution is 6.28. The van der Waals surface area contributed by atoms with Gasteiger partial charge in [0.15, 0.2) is 5.52 Å². The lowest BCUT2D eigenvalue weighted by Crippen LogP contribution is -1.87. The molecule has 0 N–H and O–H groups in total. The highest BCUT2D eigenvalue weighted by Gasteiger charge is 2.12. The van der Waals surface area contributed by atoms with Crippen LogP contribution in [0.2, 0.25) is 5.28 Å². The second-order valence-corrected chi connectivity index (χ2v) is 3.95. The molecule has 3 aromatic rings. The molecule has 2 aromatic heterocycles. The van der Waals surface area contributed by atoms with Crippen molar-refractivity contribution in [2.24, 2.45) is 0 Å². The van der Waals surface area contributed by atoms with E-state index >= 15 is 0 Å². The summed E-state index contributed by atoms with van der Waals surface area (Å²) in [5.74, 6) is 0.528.